The molecule has 7 nitrogen and oxygen atoms in total. The van der Waals surface area contributed by atoms with E-state index >= 15 is 0 Å². The molecule has 0 bridgehead atoms. The summed E-state index contributed by atoms with van der Waals surface area (Å²) < 4.78 is 18.5. The van der Waals surface area contributed by atoms with Gasteiger partial charge < -0.3 is 14.6 Å². The lowest BCUT2D eigenvalue weighted by Crippen LogP contribution is -2.43. The van der Waals surface area contributed by atoms with E-state index in [4.69, 9.17) is 4.42 Å². The summed E-state index contributed by atoms with van der Waals surface area (Å²) in [5, 5.41) is 10.8. The smallest absolute Gasteiger partial charge is 0.277 e. The molecule has 0 saturated carbocycles. The molecule has 27 heavy (non-hydrogen) atoms. The fourth-order valence-corrected chi connectivity index (χ4v) is 3.27. The van der Waals surface area contributed by atoms with Crippen LogP contribution in [0.3, 0.4) is 0 Å². The van der Waals surface area contributed by atoms with Crippen molar-refractivity contribution in [3.63, 3.8) is 0 Å². The van der Waals surface area contributed by atoms with Gasteiger partial charge >= 0.3 is 0 Å². The van der Waals surface area contributed by atoms with Gasteiger partial charge in [-0.15, -0.1) is 10.2 Å². The molecule has 3 aromatic rings. The molecule has 0 spiro atoms. The van der Waals surface area contributed by atoms with E-state index in [2.05, 4.69) is 15.5 Å². The van der Waals surface area contributed by atoms with Gasteiger partial charge in [0.05, 0.1) is 17.1 Å². The maximum absolute atomic E-state index is 13.0. The second-order valence-electron chi connectivity index (χ2n) is 5.71. The van der Waals surface area contributed by atoms with Gasteiger partial charge in [-0.3, -0.25) is 9.59 Å². The predicted molar refractivity (Wildman–Crippen MR) is 97.8 cm³/mol. The number of hydrogen-bond acceptors (Lipinski definition) is 6. The number of hydrogen-bond donors (Lipinski definition) is 1. The number of amides is 2. The summed E-state index contributed by atoms with van der Waals surface area (Å²) >= 11 is 1.08. The molecule has 0 saturated heterocycles. The quantitative estimate of drug-likeness (QED) is 0.696. The zero-order chi connectivity index (χ0) is 18.8. The minimum absolute atomic E-state index is 0.0344. The van der Waals surface area contributed by atoms with Crippen LogP contribution in [0.4, 0.5) is 15.8 Å². The van der Waals surface area contributed by atoms with Gasteiger partial charge in [-0.1, -0.05) is 23.9 Å². The number of nitrogens with one attached hydrogen (secondary N) is 1. The number of para-hydroxylation sites is 2. The highest BCUT2D eigenvalue weighted by Gasteiger charge is 2.26. The number of thioether (sulfide) groups is 1. The third-order valence-corrected chi connectivity index (χ3v) is 4.69. The highest BCUT2D eigenvalue weighted by Crippen LogP contribution is 2.30. The topological polar surface area (TPSA) is 88.3 Å². The largest absolute Gasteiger partial charge is 0.411 e. The lowest BCUT2D eigenvalue weighted by molar-refractivity contribution is -0.120. The first-order chi connectivity index (χ1) is 13.1. The number of aromatic nitrogens is 2. The molecule has 0 fully saturated rings. The molecular weight excluding hydrogens is 371 g/mol. The van der Waals surface area contributed by atoms with Gasteiger partial charge in [0.25, 0.3) is 5.22 Å². The highest BCUT2D eigenvalue weighted by molar-refractivity contribution is 7.99. The van der Waals surface area contributed by atoms with Gasteiger partial charge in [0.2, 0.25) is 17.7 Å². The van der Waals surface area contributed by atoms with Gasteiger partial charge in [0, 0.05) is 5.56 Å². The number of fused-ring (bicyclic) bond motifs is 1. The van der Waals surface area contributed by atoms with Gasteiger partial charge in [0.15, 0.2) is 0 Å². The average Bonchev–Trinajstić information content (AvgIpc) is 3.15. The molecule has 0 aliphatic carbocycles. The number of nitrogens with zero attached hydrogens (tertiary/aromatic N) is 3. The van der Waals surface area contributed by atoms with Gasteiger partial charge in [-0.2, -0.15) is 0 Å². The Morgan fingerprint density at radius 1 is 1.19 bits per heavy atom. The molecule has 1 aliphatic heterocycles. The molecule has 0 unspecified atom stereocenters. The number of anilines is 2. The zero-order valence-corrected chi connectivity index (χ0v) is 14.7. The lowest BCUT2D eigenvalue weighted by atomic mass is 10.2. The van der Waals surface area contributed by atoms with E-state index < -0.39 is 0 Å². The molecule has 1 aliphatic rings. The maximum atomic E-state index is 13.0. The summed E-state index contributed by atoms with van der Waals surface area (Å²) in [6.07, 6.45) is 0. The third-order valence-electron chi connectivity index (χ3n) is 3.89. The van der Waals surface area contributed by atoms with Crippen LogP contribution in [-0.4, -0.2) is 34.3 Å². The van der Waals surface area contributed by atoms with Gasteiger partial charge in [-0.25, -0.2) is 4.39 Å². The van der Waals surface area contributed by atoms with Crippen LogP contribution >= 0.6 is 11.8 Å². The van der Waals surface area contributed by atoms with Crippen LogP contribution in [0.5, 0.6) is 0 Å². The number of benzene rings is 2. The van der Waals surface area contributed by atoms with E-state index in [0.717, 1.165) is 11.8 Å². The summed E-state index contributed by atoms with van der Waals surface area (Å²) in [6, 6.07) is 12.8. The molecule has 1 aromatic heterocycles. The molecule has 2 heterocycles. The fraction of sp³-hybridized carbons (Fsp3) is 0.111. The van der Waals surface area contributed by atoms with E-state index in [1.165, 1.54) is 29.2 Å². The monoisotopic (exact) mass is 384 g/mol. The van der Waals surface area contributed by atoms with Crippen LogP contribution in [0, 0.1) is 5.82 Å². The summed E-state index contributed by atoms with van der Waals surface area (Å²) in [7, 11) is 0. The molecule has 136 valence electrons. The Kier molecular flexibility index (Phi) is 4.59. The van der Waals surface area contributed by atoms with Crippen LogP contribution in [0.2, 0.25) is 0 Å². The molecule has 9 heteroatoms. The minimum Gasteiger partial charge on any atom is -0.411 e. The highest BCUT2D eigenvalue weighted by atomic mass is 32.2. The van der Waals surface area contributed by atoms with Crippen molar-refractivity contribution in [1.82, 2.24) is 10.2 Å². The van der Waals surface area contributed by atoms with Crippen molar-refractivity contribution in [2.24, 2.45) is 0 Å². The Balaban J connectivity index is 1.44. The number of carbonyl (C=O) groups excluding carboxylic acids is 2. The van der Waals surface area contributed by atoms with E-state index in [9.17, 15) is 14.0 Å². The molecular formula is C18H13FN4O3S. The molecule has 0 radical (unpaired) electrons. The Morgan fingerprint density at radius 3 is 2.78 bits per heavy atom. The number of halogens is 1. The number of carbonyl (C=O) groups is 2. The van der Waals surface area contributed by atoms with Gasteiger partial charge in [-0.05, 0) is 36.4 Å². The Bertz CT molecular complexity index is 1010. The van der Waals surface area contributed by atoms with Crippen LogP contribution in [0.15, 0.2) is 58.2 Å². The standard InChI is InChI=1S/C18H13FN4O3S/c19-12-7-5-11(6-8-12)17-21-22-18(26-17)27-10-16(25)23-9-15(24)20-13-3-1-2-4-14(13)23/h1-8H,9-10H2,(H,20,24). The van der Waals surface area contributed by atoms with E-state index in [0.29, 0.717) is 16.9 Å². The van der Waals surface area contributed by atoms with Gasteiger partial charge in [0.1, 0.15) is 12.4 Å². The van der Waals surface area contributed by atoms with Crippen LogP contribution in [0.1, 0.15) is 0 Å². The lowest BCUT2D eigenvalue weighted by Gasteiger charge is -2.28. The van der Waals surface area contributed by atoms with E-state index in [-0.39, 0.29) is 41.0 Å². The second kappa shape index (κ2) is 7.20. The van der Waals surface area contributed by atoms with Crippen LogP contribution in [-0.2, 0) is 9.59 Å². The molecule has 2 aromatic carbocycles. The first kappa shape index (κ1) is 17.2. The maximum Gasteiger partial charge on any atom is 0.277 e. The number of rotatable bonds is 4. The van der Waals surface area contributed by atoms with Crippen molar-refractivity contribution >= 4 is 35.0 Å². The van der Waals surface area contributed by atoms with Crippen molar-refractivity contribution in [2.45, 2.75) is 5.22 Å². The zero-order valence-electron chi connectivity index (χ0n) is 13.9. The fourth-order valence-electron chi connectivity index (χ4n) is 2.63. The summed E-state index contributed by atoms with van der Waals surface area (Å²) in [6.45, 7) is -0.0406. The minimum atomic E-state index is -0.357. The Morgan fingerprint density at radius 2 is 1.96 bits per heavy atom. The van der Waals surface area contributed by atoms with Crippen molar-refractivity contribution in [3.8, 4) is 11.5 Å². The van der Waals surface area contributed by atoms with Crippen molar-refractivity contribution < 1.29 is 18.4 Å². The molecule has 4 rings (SSSR count). The summed E-state index contributed by atoms with van der Waals surface area (Å²) in [4.78, 5) is 25.8. The first-order valence-electron chi connectivity index (χ1n) is 8.01. The third kappa shape index (κ3) is 3.68. The average molecular weight is 384 g/mol. The van der Waals surface area contributed by atoms with E-state index in [1.807, 2.05) is 0 Å². The second-order valence-corrected chi connectivity index (χ2v) is 6.64. The van der Waals surface area contributed by atoms with Crippen molar-refractivity contribution in [2.75, 3.05) is 22.5 Å². The first-order valence-corrected chi connectivity index (χ1v) is 9.00. The Hall–Kier alpha value is -3.20. The van der Waals surface area contributed by atoms with Crippen LogP contribution < -0.4 is 10.2 Å². The summed E-state index contributed by atoms with van der Waals surface area (Å²) in [5.74, 6) is -0.573. The normalized spacial score (nSPS) is 13.2. The van der Waals surface area contributed by atoms with Crippen molar-refractivity contribution in [3.05, 3.63) is 54.3 Å². The Labute approximate surface area is 157 Å². The van der Waals surface area contributed by atoms with Crippen LogP contribution in [0.25, 0.3) is 11.5 Å². The molecule has 0 atom stereocenters. The molecule has 2 amide bonds. The summed E-state index contributed by atoms with van der Waals surface area (Å²) in [5.41, 5.74) is 1.84. The predicted octanol–water partition coefficient (Wildman–Crippen LogP) is 2.95. The van der Waals surface area contributed by atoms with Crippen molar-refractivity contribution in [1.29, 1.82) is 0 Å². The SMILES string of the molecule is O=C1CN(C(=O)CSc2nnc(-c3ccc(F)cc3)o2)c2ccccc2N1. The van der Waals surface area contributed by atoms with E-state index in [1.54, 1.807) is 24.3 Å². The molecule has 1 N–H and O–H groups in total.